The minimum Gasteiger partial charge on any atom is -0.258 e. The Kier molecular flexibility index (Phi) is 2.54. The highest BCUT2D eigenvalue weighted by atomic mass is 32.1. The number of nitro groups is 1. The molecule has 0 N–H and O–H groups in total. The first-order valence-electron chi connectivity index (χ1n) is 3.44. The Morgan fingerprint density at radius 3 is 2.69 bits per heavy atom. The smallest absolute Gasteiger partial charge is 0.258 e. The van der Waals surface area contributed by atoms with Gasteiger partial charge in [0.25, 0.3) is 5.69 Å². The molecule has 0 aromatic heterocycles. The van der Waals surface area contributed by atoms with Crippen molar-refractivity contribution in [1.82, 2.24) is 0 Å². The zero-order valence-corrected chi connectivity index (χ0v) is 7.71. The number of nitro benzene ring substituents is 1. The van der Waals surface area contributed by atoms with Gasteiger partial charge in [-0.15, -0.1) is 12.6 Å². The van der Waals surface area contributed by atoms with Crippen LogP contribution >= 0.6 is 12.6 Å². The van der Waals surface area contributed by atoms with E-state index in [1.807, 2.05) is 6.07 Å². The molecule has 4 nitrogen and oxygen atoms in total. The lowest BCUT2D eigenvalue weighted by Crippen LogP contribution is -1.93. The first kappa shape index (κ1) is 9.55. The lowest BCUT2D eigenvalue weighted by Gasteiger charge is -1.99. The number of nitriles is 1. The molecule has 0 saturated carbocycles. The highest BCUT2D eigenvalue weighted by Gasteiger charge is 2.15. The zero-order valence-electron chi connectivity index (χ0n) is 6.81. The van der Waals surface area contributed by atoms with E-state index in [2.05, 4.69) is 12.6 Å². The van der Waals surface area contributed by atoms with Gasteiger partial charge in [0.1, 0.15) is 6.07 Å². The van der Waals surface area contributed by atoms with Crippen LogP contribution in [-0.4, -0.2) is 4.92 Å². The van der Waals surface area contributed by atoms with E-state index >= 15 is 0 Å². The molecule has 0 bridgehead atoms. The van der Waals surface area contributed by atoms with Gasteiger partial charge in [-0.05, 0) is 18.6 Å². The molecule has 0 atom stereocenters. The maximum Gasteiger partial charge on any atom is 0.284 e. The van der Waals surface area contributed by atoms with Crippen LogP contribution in [0.5, 0.6) is 0 Å². The van der Waals surface area contributed by atoms with Gasteiger partial charge < -0.3 is 0 Å². The number of hydrogen-bond donors (Lipinski definition) is 1. The topological polar surface area (TPSA) is 66.9 Å². The minimum absolute atomic E-state index is 0.123. The third-order valence-electron chi connectivity index (χ3n) is 1.55. The molecule has 0 aliphatic rings. The van der Waals surface area contributed by atoms with Gasteiger partial charge in [0.15, 0.2) is 0 Å². The highest BCUT2D eigenvalue weighted by molar-refractivity contribution is 7.80. The predicted molar refractivity (Wildman–Crippen MR) is 49.8 cm³/mol. The molecule has 5 heteroatoms. The second kappa shape index (κ2) is 3.46. The van der Waals surface area contributed by atoms with Gasteiger partial charge in [-0.3, -0.25) is 10.1 Å². The third-order valence-corrected chi connectivity index (χ3v) is 2.02. The first-order valence-corrected chi connectivity index (χ1v) is 3.89. The maximum atomic E-state index is 10.5. The average molecular weight is 194 g/mol. The molecule has 1 rings (SSSR count). The summed E-state index contributed by atoms with van der Waals surface area (Å²) >= 11 is 3.91. The summed E-state index contributed by atoms with van der Waals surface area (Å²) < 4.78 is 0. The van der Waals surface area contributed by atoms with Crippen molar-refractivity contribution in [1.29, 1.82) is 5.26 Å². The second-order valence-electron chi connectivity index (χ2n) is 2.55. The number of hydrogen-bond acceptors (Lipinski definition) is 4. The molecule has 66 valence electrons. The monoisotopic (exact) mass is 194 g/mol. The fourth-order valence-corrected chi connectivity index (χ4v) is 1.24. The van der Waals surface area contributed by atoms with E-state index in [9.17, 15) is 10.1 Å². The molecule has 0 unspecified atom stereocenters. The van der Waals surface area contributed by atoms with E-state index < -0.39 is 4.92 Å². The van der Waals surface area contributed by atoms with Crippen LogP contribution < -0.4 is 0 Å². The van der Waals surface area contributed by atoms with Crippen molar-refractivity contribution < 1.29 is 4.92 Å². The lowest BCUT2D eigenvalue weighted by molar-refractivity contribution is -0.387. The van der Waals surface area contributed by atoms with Gasteiger partial charge >= 0.3 is 0 Å². The van der Waals surface area contributed by atoms with Gasteiger partial charge in [0.2, 0.25) is 0 Å². The van der Waals surface area contributed by atoms with Crippen LogP contribution in [0.3, 0.4) is 0 Å². The van der Waals surface area contributed by atoms with Gasteiger partial charge in [-0.1, -0.05) is 0 Å². The van der Waals surface area contributed by atoms with Crippen molar-refractivity contribution >= 4 is 18.3 Å². The molecule has 13 heavy (non-hydrogen) atoms. The fourth-order valence-electron chi connectivity index (χ4n) is 0.984. The molecular weight excluding hydrogens is 188 g/mol. The average Bonchev–Trinajstić information content (AvgIpc) is 2.08. The minimum atomic E-state index is -0.545. The van der Waals surface area contributed by atoms with Crippen molar-refractivity contribution in [2.24, 2.45) is 0 Å². The van der Waals surface area contributed by atoms with Crippen molar-refractivity contribution in [3.05, 3.63) is 33.4 Å². The predicted octanol–water partition coefficient (Wildman–Crippen LogP) is 2.06. The molecule has 1 aromatic carbocycles. The summed E-state index contributed by atoms with van der Waals surface area (Å²) in [6.45, 7) is 1.70. The number of rotatable bonds is 1. The molecule has 0 aliphatic carbocycles. The molecule has 0 fully saturated rings. The fraction of sp³-hybridized carbons (Fsp3) is 0.125. The Labute approximate surface area is 80.4 Å². The Bertz CT molecular complexity index is 409. The van der Waals surface area contributed by atoms with E-state index in [1.165, 1.54) is 6.07 Å². The summed E-state index contributed by atoms with van der Waals surface area (Å²) in [5.74, 6) is 0. The third kappa shape index (κ3) is 1.79. The van der Waals surface area contributed by atoms with Crippen LogP contribution in [0.1, 0.15) is 11.1 Å². The van der Waals surface area contributed by atoms with Gasteiger partial charge in [0, 0.05) is 6.07 Å². The van der Waals surface area contributed by atoms with Crippen LogP contribution in [0.4, 0.5) is 5.69 Å². The summed E-state index contributed by atoms with van der Waals surface area (Å²) in [6, 6.07) is 4.81. The van der Waals surface area contributed by atoms with Crippen LogP contribution in [0, 0.1) is 28.4 Å². The standard InChI is InChI=1S/C8H6N2O2S/c1-5-2-6(4-9)8(13)7(3-5)10(11)12/h2-3,13H,1H3. The Balaban J connectivity index is 3.47. The molecule has 0 amide bonds. The van der Waals surface area contributed by atoms with Crippen molar-refractivity contribution in [3.8, 4) is 6.07 Å². The van der Waals surface area contributed by atoms with Gasteiger partial charge in [-0.2, -0.15) is 5.26 Å². The summed E-state index contributed by atoms with van der Waals surface area (Å²) in [4.78, 5) is 10.1. The molecule has 0 radical (unpaired) electrons. The second-order valence-corrected chi connectivity index (χ2v) is 3.00. The van der Waals surface area contributed by atoms with Crippen molar-refractivity contribution in [2.45, 2.75) is 11.8 Å². The summed E-state index contributed by atoms with van der Waals surface area (Å²) in [5.41, 5.74) is 0.788. The molecule has 1 aromatic rings. The number of benzene rings is 1. The van der Waals surface area contributed by atoms with E-state index in [0.29, 0.717) is 5.56 Å². The van der Waals surface area contributed by atoms with Gasteiger partial charge in [0.05, 0.1) is 15.4 Å². The number of nitrogens with zero attached hydrogens (tertiary/aromatic N) is 2. The van der Waals surface area contributed by atoms with Crippen LogP contribution in [0.25, 0.3) is 0 Å². The highest BCUT2D eigenvalue weighted by Crippen LogP contribution is 2.27. The van der Waals surface area contributed by atoms with Crippen LogP contribution in [0.2, 0.25) is 0 Å². The van der Waals surface area contributed by atoms with E-state index in [4.69, 9.17) is 5.26 Å². The number of aryl methyl sites for hydroxylation is 1. The lowest BCUT2D eigenvalue weighted by atomic mass is 10.1. The van der Waals surface area contributed by atoms with E-state index in [0.717, 1.165) is 0 Å². The first-order chi connectivity index (χ1) is 6.06. The molecule has 0 aliphatic heterocycles. The van der Waals surface area contributed by atoms with Gasteiger partial charge in [-0.25, -0.2) is 0 Å². The Morgan fingerprint density at radius 2 is 2.23 bits per heavy atom. The van der Waals surface area contributed by atoms with Crippen LogP contribution in [0.15, 0.2) is 17.0 Å². The summed E-state index contributed by atoms with van der Waals surface area (Å²) in [7, 11) is 0. The van der Waals surface area contributed by atoms with Crippen LogP contribution in [-0.2, 0) is 0 Å². The largest absolute Gasteiger partial charge is 0.284 e. The molecular formula is C8H6N2O2S. The summed E-state index contributed by atoms with van der Waals surface area (Å²) in [6.07, 6.45) is 0. The van der Waals surface area contributed by atoms with Crippen molar-refractivity contribution in [3.63, 3.8) is 0 Å². The summed E-state index contributed by atoms with van der Waals surface area (Å²) in [5, 5.41) is 19.1. The molecule has 0 heterocycles. The quantitative estimate of drug-likeness (QED) is 0.422. The SMILES string of the molecule is Cc1cc(C#N)c(S)c([N+](=O)[O-])c1. The normalized spacial score (nSPS) is 9.31. The molecule has 0 spiro atoms. The zero-order chi connectivity index (χ0) is 10.0. The van der Waals surface area contributed by atoms with Crippen molar-refractivity contribution in [2.75, 3.05) is 0 Å². The number of thiol groups is 1. The van der Waals surface area contributed by atoms with E-state index in [1.54, 1.807) is 13.0 Å². The Morgan fingerprint density at radius 1 is 1.62 bits per heavy atom. The Hall–Kier alpha value is -1.54. The maximum absolute atomic E-state index is 10.5. The molecule has 0 saturated heterocycles. The van der Waals surface area contributed by atoms with E-state index in [-0.39, 0.29) is 16.1 Å².